The smallest absolute Gasteiger partial charge is 0.341 e. The van der Waals surface area contributed by atoms with Gasteiger partial charge in [0.25, 0.3) is 0 Å². The first-order valence-electron chi connectivity index (χ1n) is 10.9. The molecule has 0 aliphatic rings. The number of carbonyl (C=O) groups is 2. The summed E-state index contributed by atoms with van der Waals surface area (Å²) in [6, 6.07) is 15.2. The molecule has 3 aromatic rings. The van der Waals surface area contributed by atoms with Crippen molar-refractivity contribution in [1.82, 2.24) is 4.72 Å². The van der Waals surface area contributed by atoms with E-state index < -0.39 is 39.2 Å². The molecule has 3 rings (SSSR count). The predicted molar refractivity (Wildman–Crippen MR) is 142 cm³/mol. The zero-order chi connectivity index (χ0) is 27.2. The highest BCUT2D eigenvalue weighted by Gasteiger charge is 2.20. The average molecular weight is 564 g/mol. The van der Waals surface area contributed by atoms with E-state index in [-0.39, 0.29) is 42.5 Å². The first kappa shape index (κ1) is 30.1. The van der Waals surface area contributed by atoms with Crippen LogP contribution in [0, 0.1) is 5.41 Å². The van der Waals surface area contributed by atoms with E-state index in [1.54, 1.807) is 42.5 Å². The van der Waals surface area contributed by atoms with Crippen molar-refractivity contribution in [2.24, 2.45) is 5.73 Å². The Morgan fingerprint density at radius 1 is 1.08 bits per heavy atom. The van der Waals surface area contributed by atoms with Gasteiger partial charge in [-0.25, -0.2) is 22.7 Å². The number of nitrogens with two attached hydrogens (primary N) is 1. The number of carbonyl (C=O) groups excluding carboxylic acids is 1. The van der Waals surface area contributed by atoms with Crippen molar-refractivity contribution in [2.75, 3.05) is 20.3 Å². The van der Waals surface area contributed by atoms with Crippen LogP contribution in [0.25, 0.3) is 11.1 Å². The molecule has 0 atom stereocenters. The lowest BCUT2D eigenvalue weighted by Crippen LogP contribution is -2.26. The van der Waals surface area contributed by atoms with Gasteiger partial charge in [0.15, 0.2) is 6.61 Å². The third kappa shape index (κ3) is 7.22. The zero-order valence-electron chi connectivity index (χ0n) is 20.1. The van der Waals surface area contributed by atoms with Crippen molar-refractivity contribution in [2.45, 2.75) is 11.3 Å². The van der Waals surface area contributed by atoms with Crippen LogP contribution in [0.5, 0.6) is 11.5 Å². The molecule has 0 bridgehead atoms. The topological polar surface area (TPSA) is 189 Å². The van der Waals surface area contributed by atoms with Gasteiger partial charge in [-0.05, 0) is 53.4 Å². The molecule has 202 valence electrons. The average Bonchev–Trinajstić information content (AvgIpc) is 2.87. The number of hydrogen-bond acceptors (Lipinski definition) is 8. The molecule has 0 unspecified atom stereocenters. The minimum Gasteiger partial charge on any atom is -0.507 e. The van der Waals surface area contributed by atoms with Gasteiger partial charge in [-0.2, -0.15) is 0 Å². The highest BCUT2D eigenvalue weighted by molar-refractivity contribution is 7.89. The first-order chi connectivity index (χ1) is 17.5. The van der Waals surface area contributed by atoms with Crippen LogP contribution in [-0.2, 0) is 26.0 Å². The summed E-state index contributed by atoms with van der Waals surface area (Å²) in [5.74, 6) is -2.41. The van der Waals surface area contributed by atoms with Crippen LogP contribution in [0.15, 0.2) is 65.6 Å². The highest BCUT2D eigenvalue weighted by atomic mass is 35.5. The van der Waals surface area contributed by atoms with Gasteiger partial charge in [-0.3, -0.25) is 5.41 Å². The van der Waals surface area contributed by atoms with Gasteiger partial charge in [-0.15, -0.1) is 12.4 Å². The Hall–Kier alpha value is -4.13. The SMILES string of the molecule is COC(=O)c1ccccc1-c1ccc(CCNS(=O)(=O)c2cc(C(=N)N)ccc2O)c(OCC(=O)O)c1.Cl. The number of phenols is 1. The Morgan fingerprint density at radius 2 is 1.79 bits per heavy atom. The van der Waals surface area contributed by atoms with Crippen LogP contribution in [0.1, 0.15) is 21.5 Å². The van der Waals surface area contributed by atoms with E-state index in [0.717, 1.165) is 12.1 Å². The van der Waals surface area contributed by atoms with Crippen LogP contribution in [0.3, 0.4) is 0 Å². The molecule has 11 nitrogen and oxygen atoms in total. The van der Waals surface area contributed by atoms with Gasteiger partial charge < -0.3 is 25.4 Å². The number of carboxylic acid groups (broad SMARTS) is 1. The summed E-state index contributed by atoms with van der Waals surface area (Å²) in [6.45, 7) is -0.750. The Bertz CT molecular complexity index is 1460. The third-order valence-electron chi connectivity index (χ3n) is 5.31. The fourth-order valence-electron chi connectivity index (χ4n) is 3.52. The van der Waals surface area contributed by atoms with E-state index in [0.29, 0.717) is 22.3 Å². The van der Waals surface area contributed by atoms with E-state index in [9.17, 15) is 23.1 Å². The number of aliphatic carboxylic acids is 1. The van der Waals surface area contributed by atoms with E-state index in [4.69, 9.17) is 25.7 Å². The maximum Gasteiger partial charge on any atom is 0.341 e. The summed E-state index contributed by atoms with van der Waals surface area (Å²) in [7, 11) is -2.90. The number of phenolic OH excluding ortho intramolecular Hbond substituents is 1. The molecule has 0 saturated carbocycles. The highest BCUT2D eigenvalue weighted by Crippen LogP contribution is 2.31. The summed E-state index contributed by atoms with van der Waals surface area (Å²) < 4.78 is 38.1. The number of methoxy groups -OCH3 is 1. The molecule has 0 aliphatic carbocycles. The number of carboxylic acids is 1. The number of rotatable bonds is 11. The molecule has 0 spiro atoms. The van der Waals surface area contributed by atoms with Crippen LogP contribution < -0.4 is 15.2 Å². The molecular weight excluding hydrogens is 538 g/mol. The van der Waals surface area contributed by atoms with E-state index in [1.807, 2.05) is 0 Å². The first-order valence-corrected chi connectivity index (χ1v) is 12.3. The van der Waals surface area contributed by atoms with Crippen molar-refractivity contribution in [3.8, 4) is 22.6 Å². The molecule has 13 heteroatoms. The van der Waals surface area contributed by atoms with E-state index in [2.05, 4.69) is 4.72 Å². The summed E-state index contributed by atoms with van der Waals surface area (Å²) in [6.07, 6.45) is 0.111. The second-order valence-corrected chi connectivity index (χ2v) is 9.52. The van der Waals surface area contributed by atoms with Crippen molar-refractivity contribution in [3.63, 3.8) is 0 Å². The number of amidine groups is 1. The second-order valence-electron chi connectivity index (χ2n) is 7.79. The predicted octanol–water partition coefficient (Wildman–Crippen LogP) is 2.54. The maximum absolute atomic E-state index is 12.8. The monoisotopic (exact) mass is 563 g/mol. The summed E-state index contributed by atoms with van der Waals surface area (Å²) in [5, 5.41) is 26.6. The molecular formula is C25H26ClN3O8S. The molecule has 3 aromatic carbocycles. The number of halogens is 1. The fraction of sp³-hybridized carbons (Fsp3) is 0.160. The Balaban J connectivity index is 0.00000507. The zero-order valence-corrected chi connectivity index (χ0v) is 21.8. The second kappa shape index (κ2) is 12.9. The van der Waals surface area contributed by atoms with E-state index >= 15 is 0 Å². The lowest BCUT2D eigenvalue weighted by molar-refractivity contribution is -0.139. The Kier molecular flexibility index (Phi) is 10.2. The summed E-state index contributed by atoms with van der Waals surface area (Å²) >= 11 is 0. The van der Waals surface area contributed by atoms with Gasteiger partial charge in [-0.1, -0.05) is 30.3 Å². The molecule has 0 fully saturated rings. The number of nitrogens with one attached hydrogen (secondary N) is 2. The van der Waals surface area contributed by atoms with Gasteiger partial charge in [0.1, 0.15) is 22.2 Å². The molecule has 0 saturated heterocycles. The van der Waals surface area contributed by atoms with Crippen LogP contribution >= 0.6 is 12.4 Å². The largest absolute Gasteiger partial charge is 0.507 e. The number of nitrogen functional groups attached to an aromatic ring is 1. The normalized spacial score (nSPS) is 10.8. The standard InChI is InChI=1S/C25H25N3O8S.ClH/c1-35-25(32)19-5-3-2-4-18(19)16-7-6-15(21(12-16)36-14-23(30)31)10-11-28-37(33,34)22-13-17(24(26)27)8-9-20(22)29;/h2-9,12-13,28-29H,10-11,14H2,1H3,(H3,26,27)(H,30,31);1H. The van der Waals surface area contributed by atoms with Crippen LogP contribution in [0.2, 0.25) is 0 Å². The minimum atomic E-state index is -4.16. The van der Waals surface area contributed by atoms with Crippen molar-refractivity contribution >= 4 is 40.2 Å². The molecule has 0 aromatic heterocycles. The Labute approximate surface area is 225 Å². The van der Waals surface area contributed by atoms with Crippen LogP contribution in [-0.4, -0.2) is 56.7 Å². The number of aromatic hydroxyl groups is 1. The molecule has 0 amide bonds. The third-order valence-corrected chi connectivity index (χ3v) is 6.80. The van der Waals surface area contributed by atoms with Gasteiger partial charge in [0.05, 0.1) is 12.7 Å². The number of sulfonamides is 1. The molecule has 0 radical (unpaired) electrons. The lowest BCUT2D eigenvalue weighted by Gasteiger charge is -2.15. The van der Waals surface area contributed by atoms with Gasteiger partial charge >= 0.3 is 11.9 Å². The van der Waals surface area contributed by atoms with Crippen LogP contribution in [0.4, 0.5) is 0 Å². The number of hydrogen-bond donors (Lipinski definition) is 5. The fourth-order valence-corrected chi connectivity index (χ4v) is 4.67. The molecule has 0 heterocycles. The van der Waals surface area contributed by atoms with Crippen molar-refractivity contribution in [1.29, 1.82) is 5.41 Å². The van der Waals surface area contributed by atoms with Crippen molar-refractivity contribution in [3.05, 3.63) is 77.4 Å². The minimum absolute atomic E-state index is 0. The molecule has 0 aliphatic heterocycles. The summed E-state index contributed by atoms with van der Waals surface area (Å²) in [5.41, 5.74) is 7.46. The van der Waals surface area contributed by atoms with Gasteiger partial charge in [0, 0.05) is 12.1 Å². The number of ether oxygens (including phenoxy) is 2. The molecule has 38 heavy (non-hydrogen) atoms. The van der Waals surface area contributed by atoms with E-state index in [1.165, 1.54) is 13.2 Å². The van der Waals surface area contributed by atoms with Crippen molar-refractivity contribution < 1.29 is 37.7 Å². The lowest BCUT2D eigenvalue weighted by atomic mass is 9.97. The Morgan fingerprint density at radius 3 is 2.45 bits per heavy atom. The summed E-state index contributed by atoms with van der Waals surface area (Å²) in [4.78, 5) is 22.8. The number of benzene rings is 3. The maximum atomic E-state index is 12.8. The quantitative estimate of drug-likeness (QED) is 0.132. The number of esters is 1. The van der Waals surface area contributed by atoms with Gasteiger partial charge in [0.2, 0.25) is 10.0 Å². The molecule has 6 N–H and O–H groups in total.